The molecule has 0 amide bonds. The molecule has 2 N–H and O–H groups in total. The van der Waals surface area contributed by atoms with Gasteiger partial charge < -0.3 is 10.5 Å². The van der Waals surface area contributed by atoms with E-state index in [0.29, 0.717) is 29.6 Å². The molecule has 0 saturated carbocycles. The maximum Gasteiger partial charge on any atom is 0.0697 e. The van der Waals surface area contributed by atoms with Gasteiger partial charge in [-0.2, -0.15) is 5.10 Å². The molecule has 1 heterocycles. The minimum absolute atomic E-state index is 0.198. The third kappa shape index (κ3) is 4.20. The predicted molar refractivity (Wildman–Crippen MR) is 88.9 cm³/mol. The molecule has 0 saturated heterocycles. The molecular weight excluding hydrogens is 377 g/mol. The Morgan fingerprint density at radius 1 is 1.38 bits per heavy atom. The van der Waals surface area contributed by atoms with Gasteiger partial charge in [-0.3, -0.25) is 4.68 Å². The van der Waals surface area contributed by atoms with E-state index in [1.165, 1.54) is 0 Å². The van der Waals surface area contributed by atoms with Crippen LogP contribution in [0.3, 0.4) is 0 Å². The second-order valence-electron chi connectivity index (χ2n) is 4.65. The lowest BCUT2D eigenvalue weighted by Crippen LogP contribution is -2.20. The summed E-state index contributed by atoms with van der Waals surface area (Å²) in [6.45, 7) is 1.24. The van der Waals surface area contributed by atoms with E-state index < -0.39 is 0 Å². The summed E-state index contributed by atoms with van der Waals surface area (Å²) in [4.78, 5) is 0. The van der Waals surface area contributed by atoms with E-state index >= 15 is 0 Å². The number of benzene rings is 1. The van der Waals surface area contributed by atoms with Gasteiger partial charge in [0.05, 0.1) is 45.6 Å². The van der Waals surface area contributed by atoms with Crippen molar-refractivity contribution < 1.29 is 4.74 Å². The van der Waals surface area contributed by atoms with Crippen LogP contribution in [0, 0.1) is 0 Å². The molecule has 0 bridgehead atoms. The first-order chi connectivity index (χ1) is 10.0. The van der Waals surface area contributed by atoms with Crippen molar-refractivity contribution in [1.29, 1.82) is 0 Å². The zero-order valence-corrected chi connectivity index (χ0v) is 14.6. The summed E-state index contributed by atoms with van der Waals surface area (Å²) in [7, 11) is 1.66. The van der Waals surface area contributed by atoms with Crippen LogP contribution in [0.5, 0.6) is 0 Å². The number of hydrogen-bond acceptors (Lipinski definition) is 3. The maximum absolute atomic E-state index is 6.33. The number of nitrogens with zero attached hydrogens (tertiary/aromatic N) is 2. The molecule has 0 aliphatic rings. The third-order valence-corrected chi connectivity index (χ3v) is 4.48. The molecule has 1 aromatic carbocycles. The van der Waals surface area contributed by atoms with Gasteiger partial charge in [0.25, 0.3) is 0 Å². The van der Waals surface area contributed by atoms with Crippen molar-refractivity contribution in [3.63, 3.8) is 0 Å². The molecule has 2 aromatic rings. The molecule has 0 aliphatic carbocycles. The predicted octanol–water partition coefficient (Wildman–Crippen LogP) is 3.84. The summed E-state index contributed by atoms with van der Waals surface area (Å²) in [5.41, 5.74) is 8.30. The molecule has 2 rings (SSSR count). The van der Waals surface area contributed by atoms with E-state index in [-0.39, 0.29) is 6.04 Å². The third-order valence-electron chi connectivity index (χ3n) is 3.13. The summed E-state index contributed by atoms with van der Waals surface area (Å²) in [5.74, 6) is 0. The summed E-state index contributed by atoms with van der Waals surface area (Å²) < 4.78 is 7.84. The minimum atomic E-state index is -0.198. The van der Waals surface area contributed by atoms with Crippen molar-refractivity contribution in [1.82, 2.24) is 9.78 Å². The van der Waals surface area contributed by atoms with E-state index in [4.69, 9.17) is 33.7 Å². The first kappa shape index (κ1) is 16.8. The summed E-state index contributed by atoms with van der Waals surface area (Å²) in [6.07, 6.45) is 2.40. The van der Waals surface area contributed by atoms with Gasteiger partial charge in [-0.05, 0) is 40.0 Å². The van der Waals surface area contributed by atoms with Crippen LogP contribution < -0.4 is 5.73 Å². The van der Waals surface area contributed by atoms with Crippen molar-refractivity contribution in [2.45, 2.75) is 19.0 Å². The average molecular weight is 393 g/mol. The first-order valence-electron chi connectivity index (χ1n) is 6.42. The van der Waals surface area contributed by atoms with Gasteiger partial charge in [0, 0.05) is 7.11 Å². The van der Waals surface area contributed by atoms with E-state index in [0.717, 1.165) is 15.7 Å². The highest BCUT2D eigenvalue weighted by Gasteiger charge is 2.17. The average Bonchev–Trinajstić information content (AvgIpc) is 2.81. The highest BCUT2D eigenvalue weighted by Crippen LogP contribution is 2.27. The fraction of sp³-hybridized carbons (Fsp3) is 0.357. The Morgan fingerprint density at radius 3 is 2.81 bits per heavy atom. The van der Waals surface area contributed by atoms with Crippen LogP contribution in [-0.2, 0) is 17.7 Å². The van der Waals surface area contributed by atoms with Crippen molar-refractivity contribution >= 4 is 39.1 Å². The van der Waals surface area contributed by atoms with Gasteiger partial charge in [-0.25, -0.2) is 0 Å². The van der Waals surface area contributed by atoms with Gasteiger partial charge in [-0.15, -0.1) is 0 Å². The van der Waals surface area contributed by atoms with Gasteiger partial charge >= 0.3 is 0 Å². The summed E-state index contributed by atoms with van der Waals surface area (Å²) in [5, 5.41) is 5.39. The first-order valence-corrected chi connectivity index (χ1v) is 7.97. The number of halogens is 3. The monoisotopic (exact) mass is 391 g/mol. The Morgan fingerprint density at radius 2 is 2.14 bits per heavy atom. The second-order valence-corrected chi connectivity index (χ2v) is 6.32. The van der Waals surface area contributed by atoms with Gasteiger partial charge in [0.15, 0.2) is 0 Å². The summed E-state index contributed by atoms with van der Waals surface area (Å²) >= 11 is 15.5. The van der Waals surface area contributed by atoms with E-state index in [1.54, 1.807) is 19.4 Å². The molecule has 1 unspecified atom stereocenters. The lowest BCUT2D eigenvalue weighted by Gasteiger charge is -2.15. The smallest absolute Gasteiger partial charge is 0.0697 e. The number of methoxy groups -OCH3 is 1. The van der Waals surface area contributed by atoms with Gasteiger partial charge in [-0.1, -0.05) is 29.3 Å². The Bertz CT molecular complexity index is 618. The molecule has 0 fully saturated rings. The number of ether oxygens (including phenoxy) is 1. The van der Waals surface area contributed by atoms with Crippen LogP contribution in [0.25, 0.3) is 0 Å². The van der Waals surface area contributed by atoms with Gasteiger partial charge in [0.2, 0.25) is 0 Å². The molecule has 4 nitrogen and oxygen atoms in total. The standard InChI is InChI=1S/C14H16BrCl2N3O/c1-21-5-4-20-14(10(15)8-19-20)13(18)7-9-2-3-11(16)12(17)6-9/h2-3,6,8,13H,4-5,7,18H2,1H3. The number of aromatic nitrogens is 2. The van der Waals surface area contributed by atoms with E-state index in [2.05, 4.69) is 21.0 Å². The van der Waals surface area contributed by atoms with Crippen molar-refractivity contribution in [2.24, 2.45) is 5.73 Å². The normalized spacial score (nSPS) is 12.6. The van der Waals surface area contributed by atoms with Crippen molar-refractivity contribution in [3.8, 4) is 0 Å². The van der Waals surface area contributed by atoms with Crippen LogP contribution in [0.4, 0.5) is 0 Å². The molecule has 7 heteroatoms. The molecule has 1 atom stereocenters. The number of nitrogens with two attached hydrogens (primary N) is 1. The largest absolute Gasteiger partial charge is 0.383 e. The van der Waals surface area contributed by atoms with Crippen molar-refractivity contribution in [2.75, 3.05) is 13.7 Å². The fourth-order valence-corrected chi connectivity index (χ4v) is 3.02. The SMILES string of the molecule is COCCn1ncc(Br)c1C(N)Cc1ccc(Cl)c(Cl)c1. The lowest BCUT2D eigenvalue weighted by molar-refractivity contribution is 0.182. The topological polar surface area (TPSA) is 53.1 Å². The number of hydrogen-bond donors (Lipinski definition) is 1. The molecule has 0 aliphatic heterocycles. The Labute approximate surface area is 142 Å². The molecule has 114 valence electrons. The zero-order chi connectivity index (χ0) is 15.4. The Kier molecular flexibility index (Phi) is 6.08. The summed E-state index contributed by atoms with van der Waals surface area (Å²) in [6, 6.07) is 5.35. The quantitative estimate of drug-likeness (QED) is 0.812. The zero-order valence-electron chi connectivity index (χ0n) is 11.5. The van der Waals surface area contributed by atoms with Crippen LogP contribution in [0.15, 0.2) is 28.9 Å². The highest BCUT2D eigenvalue weighted by atomic mass is 79.9. The maximum atomic E-state index is 6.33. The lowest BCUT2D eigenvalue weighted by atomic mass is 10.0. The van der Waals surface area contributed by atoms with E-state index in [9.17, 15) is 0 Å². The number of rotatable bonds is 6. The van der Waals surface area contributed by atoms with Crippen LogP contribution >= 0.6 is 39.1 Å². The van der Waals surface area contributed by atoms with Crippen LogP contribution in [0.1, 0.15) is 17.3 Å². The van der Waals surface area contributed by atoms with Crippen LogP contribution in [0.2, 0.25) is 10.0 Å². The molecular formula is C14H16BrCl2N3O. The fourth-order valence-electron chi connectivity index (χ4n) is 2.11. The Balaban J connectivity index is 2.17. The minimum Gasteiger partial charge on any atom is -0.383 e. The second kappa shape index (κ2) is 7.61. The molecule has 1 aromatic heterocycles. The van der Waals surface area contributed by atoms with Crippen LogP contribution in [-0.4, -0.2) is 23.5 Å². The molecule has 21 heavy (non-hydrogen) atoms. The molecule has 0 spiro atoms. The highest BCUT2D eigenvalue weighted by molar-refractivity contribution is 9.10. The van der Waals surface area contributed by atoms with Gasteiger partial charge in [0.1, 0.15) is 0 Å². The Hall–Kier alpha value is -0.590. The molecule has 0 radical (unpaired) electrons. The van der Waals surface area contributed by atoms with E-state index in [1.807, 2.05) is 16.8 Å². The van der Waals surface area contributed by atoms with Crippen molar-refractivity contribution in [3.05, 3.63) is 50.2 Å².